The Labute approximate surface area is 166 Å². The summed E-state index contributed by atoms with van der Waals surface area (Å²) in [5, 5.41) is 30.2. The van der Waals surface area contributed by atoms with Gasteiger partial charge in [0.25, 0.3) is 0 Å². The molecule has 0 bridgehead atoms. The zero-order chi connectivity index (χ0) is 20.3. The largest absolute Gasteiger partial charge is 0.393 e. The summed E-state index contributed by atoms with van der Waals surface area (Å²) in [5.74, 6) is 0. The number of unbranched alkanes of at least 4 members (excludes halogenated alkanes) is 11. The van der Waals surface area contributed by atoms with E-state index in [-0.39, 0.29) is 6.42 Å². The normalized spacial score (nSPS) is 15.1. The quantitative estimate of drug-likeness (QED) is 0.127. The maximum Gasteiger partial charge on any atom is 0.241 e. The summed E-state index contributed by atoms with van der Waals surface area (Å²) in [6, 6.07) is -1.05. The number of nitro groups is 1. The van der Waals surface area contributed by atoms with Gasteiger partial charge in [0.2, 0.25) is 6.04 Å². The van der Waals surface area contributed by atoms with Crippen LogP contribution in [0.25, 0.3) is 0 Å². The number of aliphatic hydroxyl groups is 2. The minimum absolute atomic E-state index is 0.0131. The Bertz CT molecular complexity index is 371. The zero-order valence-electron chi connectivity index (χ0n) is 17.7. The highest BCUT2D eigenvalue weighted by Gasteiger charge is 2.30. The van der Waals surface area contributed by atoms with Gasteiger partial charge in [0.05, 0.1) is 6.10 Å². The van der Waals surface area contributed by atoms with Crippen LogP contribution in [0.4, 0.5) is 0 Å². The van der Waals surface area contributed by atoms with Crippen molar-refractivity contribution in [2.45, 2.75) is 128 Å². The molecule has 5 heteroatoms. The van der Waals surface area contributed by atoms with Crippen LogP contribution < -0.4 is 0 Å². The molecule has 0 rings (SSSR count). The third-order valence-electron chi connectivity index (χ3n) is 5.06. The average Bonchev–Trinajstić information content (AvgIpc) is 2.62. The van der Waals surface area contributed by atoms with Crippen LogP contribution in [0.2, 0.25) is 0 Å². The van der Waals surface area contributed by atoms with Crippen LogP contribution in [0.1, 0.15) is 110 Å². The first-order valence-corrected chi connectivity index (χ1v) is 11.1. The van der Waals surface area contributed by atoms with Gasteiger partial charge < -0.3 is 10.2 Å². The molecule has 27 heavy (non-hydrogen) atoms. The lowest BCUT2D eigenvalue weighted by molar-refractivity contribution is -0.537. The zero-order valence-corrected chi connectivity index (χ0v) is 17.7. The van der Waals surface area contributed by atoms with Gasteiger partial charge in [0, 0.05) is 11.3 Å². The third kappa shape index (κ3) is 16.9. The molecule has 0 fully saturated rings. The lowest BCUT2D eigenvalue weighted by atomic mass is 9.99. The molecule has 0 aliphatic heterocycles. The minimum atomic E-state index is -1.05. The minimum Gasteiger partial charge on any atom is -0.393 e. The van der Waals surface area contributed by atoms with E-state index in [2.05, 4.69) is 19.1 Å². The molecule has 0 saturated carbocycles. The van der Waals surface area contributed by atoms with Crippen LogP contribution in [0.3, 0.4) is 0 Å². The average molecular weight is 386 g/mol. The first-order chi connectivity index (χ1) is 13.0. The molecular weight excluding hydrogens is 342 g/mol. The summed E-state index contributed by atoms with van der Waals surface area (Å²) in [4.78, 5) is 10.5. The van der Waals surface area contributed by atoms with Crippen molar-refractivity contribution in [1.82, 2.24) is 0 Å². The predicted octanol–water partition coefficient (Wildman–Crippen LogP) is 5.80. The van der Waals surface area contributed by atoms with E-state index in [9.17, 15) is 20.3 Å². The maximum atomic E-state index is 11.0. The third-order valence-corrected chi connectivity index (χ3v) is 5.06. The summed E-state index contributed by atoms with van der Waals surface area (Å²) in [5.41, 5.74) is 0. The van der Waals surface area contributed by atoms with Crippen molar-refractivity contribution in [1.29, 1.82) is 0 Å². The van der Waals surface area contributed by atoms with Crippen molar-refractivity contribution in [3.05, 3.63) is 22.3 Å². The Morgan fingerprint density at radius 1 is 0.852 bits per heavy atom. The molecule has 0 aliphatic rings. The molecule has 5 nitrogen and oxygen atoms in total. The molecule has 160 valence electrons. The summed E-state index contributed by atoms with van der Waals surface area (Å²) >= 11 is 0. The number of nitrogens with zero attached hydrogens (tertiary/aromatic N) is 1. The van der Waals surface area contributed by atoms with Gasteiger partial charge >= 0.3 is 0 Å². The Balaban J connectivity index is 3.50. The number of aliphatic hydroxyl groups excluding tert-OH is 2. The molecule has 0 spiro atoms. The molecule has 0 aromatic heterocycles. The van der Waals surface area contributed by atoms with Gasteiger partial charge in [-0.1, -0.05) is 76.9 Å². The van der Waals surface area contributed by atoms with Crippen molar-refractivity contribution in [3.63, 3.8) is 0 Å². The van der Waals surface area contributed by atoms with Crippen molar-refractivity contribution in [2.24, 2.45) is 0 Å². The summed E-state index contributed by atoms with van der Waals surface area (Å²) < 4.78 is 0. The van der Waals surface area contributed by atoms with Crippen molar-refractivity contribution >= 4 is 0 Å². The topological polar surface area (TPSA) is 83.6 Å². The van der Waals surface area contributed by atoms with E-state index < -0.39 is 23.2 Å². The molecule has 0 aliphatic carbocycles. The molecule has 0 heterocycles. The monoisotopic (exact) mass is 385 g/mol. The molecule has 0 aromatic carbocycles. The van der Waals surface area contributed by atoms with E-state index in [0.29, 0.717) is 6.42 Å². The van der Waals surface area contributed by atoms with Crippen LogP contribution in [0.5, 0.6) is 0 Å². The fraction of sp³-hybridized carbons (Fsp3) is 0.909. The van der Waals surface area contributed by atoms with E-state index in [1.54, 1.807) is 0 Å². The summed E-state index contributed by atoms with van der Waals surface area (Å²) in [6.45, 7) is 3.77. The smallest absolute Gasteiger partial charge is 0.241 e. The van der Waals surface area contributed by atoms with Crippen LogP contribution in [0, 0.1) is 10.1 Å². The van der Waals surface area contributed by atoms with E-state index in [1.807, 2.05) is 0 Å². The fourth-order valence-corrected chi connectivity index (χ4v) is 3.35. The number of allylic oxidation sites excluding steroid dienone is 2. The number of hydrogen-bond donors (Lipinski definition) is 2. The van der Waals surface area contributed by atoms with Crippen molar-refractivity contribution < 1.29 is 15.1 Å². The predicted molar refractivity (Wildman–Crippen MR) is 113 cm³/mol. The van der Waals surface area contributed by atoms with Crippen LogP contribution >= 0.6 is 0 Å². The van der Waals surface area contributed by atoms with Gasteiger partial charge in [-0.05, 0) is 39.0 Å². The maximum absolute atomic E-state index is 11.0. The van der Waals surface area contributed by atoms with E-state index in [4.69, 9.17) is 0 Å². The summed E-state index contributed by atoms with van der Waals surface area (Å²) in [7, 11) is 0. The lowest BCUT2D eigenvalue weighted by Crippen LogP contribution is -2.36. The van der Waals surface area contributed by atoms with Gasteiger partial charge in [0.1, 0.15) is 6.10 Å². The molecule has 0 radical (unpaired) electrons. The number of rotatable bonds is 19. The van der Waals surface area contributed by atoms with E-state index >= 15 is 0 Å². The molecule has 0 amide bonds. The fourth-order valence-electron chi connectivity index (χ4n) is 3.35. The standard InChI is InChI=1S/C22H43NO4/c1-3-4-5-6-7-8-9-10-11-12-13-14-15-16-17-18-22(25)21(23(26)27)19-20(2)24/h10-11,20-22,24-25H,3-9,12-19H2,1-2H3/b11-10-. The Hall–Kier alpha value is -0.940. The molecule has 3 atom stereocenters. The van der Waals surface area contributed by atoms with Crippen LogP contribution in [0.15, 0.2) is 12.2 Å². The first-order valence-electron chi connectivity index (χ1n) is 11.1. The second-order valence-corrected chi connectivity index (χ2v) is 7.88. The van der Waals surface area contributed by atoms with Crippen molar-refractivity contribution in [3.8, 4) is 0 Å². The first kappa shape index (κ1) is 26.1. The highest BCUT2D eigenvalue weighted by molar-refractivity contribution is 4.81. The van der Waals surface area contributed by atoms with Gasteiger partial charge in [-0.25, -0.2) is 0 Å². The molecule has 0 aromatic rings. The second-order valence-electron chi connectivity index (χ2n) is 7.88. The molecule has 2 N–H and O–H groups in total. The van der Waals surface area contributed by atoms with Crippen LogP contribution in [-0.2, 0) is 0 Å². The molecule has 0 saturated heterocycles. The SMILES string of the molecule is CCCCCCCC/C=C\CCCCCCCC(O)C(CC(C)O)[N+](=O)[O-]. The second kappa shape index (κ2) is 18.4. The van der Waals surface area contributed by atoms with Gasteiger partial charge in [-0.15, -0.1) is 0 Å². The number of hydrogen-bond acceptors (Lipinski definition) is 4. The lowest BCUT2D eigenvalue weighted by Gasteiger charge is -2.17. The Kier molecular flexibility index (Phi) is 17.8. The van der Waals surface area contributed by atoms with Gasteiger partial charge in [-0.3, -0.25) is 10.1 Å². The van der Waals surface area contributed by atoms with Crippen molar-refractivity contribution in [2.75, 3.05) is 0 Å². The van der Waals surface area contributed by atoms with E-state index in [1.165, 1.54) is 64.7 Å². The molecule has 3 unspecified atom stereocenters. The van der Waals surface area contributed by atoms with Crippen LogP contribution in [-0.4, -0.2) is 33.4 Å². The van der Waals surface area contributed by atoms with E-state index in [0.717, 1.165) is 25.7 Å². The highest BCUT2D eigenvalue weighted by atomic mass is 16.6. The summed E-state index contributed by atoms with van der Waals surface area (Å²) in [6.07, 6.45) is 19.0. The Morgan fingerprint density at radius 3 is 1.81 bits per heavy atom. The van der Waals surface area contributed by atoms with Gasteiger partial charge in [-0.2, -0.15) is 0 Å². The van der Waals surface area contributed by atoms with Gasteiger partial charge in [0.15, 0.2) is 0 Å². The highest BCUT2D eigenvalue weighted by Crippen LogP contribution is 2.15. The Morgan fingerprint density at radius 2 is 1.33 bits per heavy atom. The molecular formula is C22H43NO4.